The van der Waals surface area contributed by atoms with Gasteiger partial charge in [-0.3, -0.25) is 0 Å². The molecule has 0 amide bonds. The molecule has 2 rings (SSSR count). The van der Waals surface area contributed by atoms with Crippen LogP contribution in [0.4, 0.5) is 4.39 Å². The Morgan fingerprint density at radius 1 is 1.45 bits per heavy atom. The highest BCUT2D eigenvalue weighted by molar-refractivity contribution is 5.86. The molecule has 20 heavy (non-hydrogen) atoms. The van der Waals surface area contributed by atoms with Gasteiger partial charge in [-0.25, -0.2) is 13.9 Å². The van der Waals surface area contributed by atoms with Crippen molar-refractivity contribution in [1.82, 2.24) is 15.0 Å². The Bertz CT molecular complexity index is 650. The molecule has 2 aromatic rings. The smallest absolute Gasteiger partial charge is 0.358 e. The van der Waals surface area contributed by atoms with Gasteiger partial charge >= 0.3 is 5.97 Å². The number of hydrogen-bond acceptors (Lipinski definition) is 3. The van der Waals surface area contributed by atoms with Crippen molar-refractivity contribution in [3.8, 4) is 0 Å². The quantitative estimate of drug-likeness (QED) is 0.932. The Balaban J connectivity index is 2.43. The average Bonchev–Trinajstić information content (AvgIpc) is 2.78. The molecule has 1 aromatic carbocycles. The average molecular weight is 277 g/mol. The van der Waals surface area contributed by atoms with Crippen molar-refractivity contribution >= 4 is 5.97 Å². The SMILES string of the molecule is Cc1ccc(F)cc1Cn1nnc(C(=O)O)c1C(C)C. The number of aromatic nitrogens is 3. The summed E-state index contributed by atoms with van der Waals surface area (Å²) < 4.78 is 14.8. The highest BCUT2D eigenvalue weighted by Gasteiger charge is 2.21. The fourth-order valence-corrected chi connectivity index (χ4v) is 2.13. The summed E-state index contributed by atoms with van der Waals surface area (Å²) in [5, 5.41) is 16.7. The van der Waals surface area contributed by atoms with Gasteiger partial charge in [0, 0.05) is 0 Å². The minimum absolute atomic E-state index is 0.0371. The summed E-state index contributed by atoms with van der Waals surface area (Å²) in [6, 6.07) is 4.52. The molecule has 0 fully saturated rings. The Morgan fingerprint density at radius 3 is 2.75 bits per heavy atom. The van der Waals surface area contributed by atoms with Crippen molar-refractivity contribution in [1.29, 1.82) is 0 Å². The summed E-state index contributed by atoms with van der Waals surface area (Å²) in [4.78, 5) is 11.1. The number of carboxylic acids is 1. The number of aromatic carboxylic acids is 1. The minimum Gasteiger partial charge on any atom is -0.476 e. The van der Waals surface area contributed by atoms with Crippen molar-refractivity contribution in [2.45, 2.75) is 33.2 Å². The Morgan fingerprint density at radius 2 is 2.15 bits per heavy atom. The molecule has 0 aliphatic heterocycles. The topological polar surface area (TPSA) is 68.0 Å². The molecule has 0 spiro atoms. The van der Waals surface area contributed by atoms with E-state index in [1.165, 1.54) is 16.8 Å². The highest BCUT2D eigenvalue weighted by atomic mass is 19.1. The fourth-order valence-electron chi connectivity index (χ4n) is 2.13. The second-order valence-corrected chi connectivity index (χ2v) is 5.01. The number of carboxylic acid groups (broad SMARTS) is 1. The Kier molecular flexibility index (Phi) is 3.83. The molecule has 106 valence electrons. The highest BCUT2D eigenvalue weighted by Crippen LogP contribution is 2.20. The molecule has 6 heteroatoms. The second-order valence-electron chi connectivity index (χ2n) is 5.01. The van der Waals surface area contributed by atoms with Crippen molar-refractivity contribution in [3.63, 3.8) is 0 Å². The predicted octanol–water partition coefficient (Wildman–Crippen LogP) is 2.60. The lowest BCUT2D eigenvalue weighted by Crippen LogP contribution is -2.11. The molecule has 0 bridgehead atoms. The number of benzene rings is 1. The number of aryl methyl sites for hydroxylation is 1. The van der Waals surface area contributed by atoms with Gasteiger partial charge in [-0.15, -0.1) is 5.10 Å². The van der Waals surface area contributed by atoms with Crippen LogP contribution in [-0.2, 0) is 6.54 Å². The molecule has 0 atom stereocenters. The lowest BCUT2D eigenvalue weighted by atomic mass is 10.1. The van der Waals surface area contributed by atoms with E-state index in [9.17, 15) is 9.18 Å². The maximum atomic E-state index is 13.3. The molecular formula is C14H16FN3O2. The van der Waals surface area contributed by atoms with E-state index in [1.807, 2.05) is 20.8 Å². The van der Waals surface area contributed by atoms with E-state index in [-0.39, 0.29) is 17.4 Å². The van der Waals surface area contributed by atoms with Gasteiger partial charge in [0.05, 0.1) is 12.2 Å². The number of carbonyl (C=O) groups is 1. The molecule has 1 heterocycles. The van der Waals surface area contributed by atoms with Gasteiger partial charge in [0.2, 0.25) is 0 Å². The van der Waals surface area contributed by atoms with Crippen LogP contribution in [0.25, 0.3) is 0 Å². The van der Waals surface area contributed by atoms with Gasteiger partial charge in [0.15, 0.2) is 5.69 Å². The Labute approximate surface area is 116 Å². The summed E-state index contributed by atoms with van der Waals surface area (Å²) in [5.74, 6) is -1.46. The summed E-state index contributed by atoms with van der Waals surface area (Å²) in [6.45, 7) is 5.93. The summed E-state index contributed by atoms with van der Waals surface area (Å²) in [5.41, 5.74) is 2.18. The van der Waals surface area contributed by atoms with Gasteiger partial charge < -0.3 is 5.11 Å². The van der Waals surface area contributed by atoms with Crippen LogP contribution in [-0.4, -0.2) is 26.1 Å². The molecule has 0 aliphatic rings. The largest absolute Gasteiger partial charge is 0.476 e. The molecule has 0 unspecified atom stereocenters. The maximum absolute atomic E-state index is 13.3. The lowest BCUT2D eigenvalue weighted by molar-refractivity contribution is 0.0688. The zero-order valence-electron chi connectivity index (χ0n) is 11.6. The number of halogens is 1. The number of hydrogen-bond donors (Lipinski definition) is 1. The zero-order valence-corrected chi connectivity index (χ0v) is 11.6. The van der Waals surface area contributed by atoms with Gasteiger partial charge in [0.1, 0.15) is 5.82 Å². The van der Waals surface area contributed by atoms with Gasteiger partial charge in [-0.2, -0.15) is 0 Å². The zero-order chi connectivity index (χ0) is 14.9. The third-order valence-corrected chi connectivity index (χ3v) is 3.15. The van der Waals surface area contributed by atoms with Gasteiger partial charge in [-0.1, -0.05) is 25.1 Å². The van der Waals surface area contributed by atoms with E-state index in [2.05, 4.69) is 10.3 Å². The van der Waals surface area contributed by atoms with Crippen molar-refractivity contribution in [2.24, 2.45) is 0 Å². The van der Waals surface area contributed by atoms with E-state index in [4.69, 9.17) is 5.11 Å². The van der Waals surface area contributed by atoms with Crippen molar-refractivity contribution < 1.29 is 14.3 Å². The van der Waals surface area contributed by atoms with Crippen LogP contribution in [0.3, 0.4) is 0 Å². The van der Waals surface area contributed by atoms with E-state index >= 15 is 0 Å². The number of rotatable bonds is 4. The molecule has 1 aromatic heterocycles. The molecule has 1 N–H and O–H groups in total. The summed E-state index contributed by atoms with van der Waals surface area (Å²) >= 11 is 0. The standard InChI is InChI=1S/C14H16FN3O2/c1-8(2)13-12(14(19)20)16-17-18(13)7-10-6-11(15)5-4-9(10)3/h4-6,8H,7H2,1-3H3,(H,19,20). The van der Waals surface area contributed by atoms with E-state index in [0.29, 0.717) is 12.2 Å². The first-order valence-corrected chi connectivity index (χ1v) is 6.32. The Hall–Kier alpha value is -2.24. The van der Waals surface area contributed by atoms with Crippen LogP contribution in [0.5, 0.6) is 0 Å². The maximum Gasteiger partial charge on any atom is 0.358 e. The van der Waals surface area contributed by atoms with Crippen LogP contribution in [0.1, 0.15) is 47.1 Å². The van der Waals surface area contributed by atoms with Crippen LogP contribution >= 0.6 is 0 Å². The van der Waals surface area contributed by atoms with E-state index in [0.717, 1.165) is 11.1 Å². The molecule has 0 aliphatic carbocycles. The molecule has 0 radical (unpaired) electrons. The van der Waals surface area contributed by atoms with Gasteiger partial charge in [-0.05, 0) is 36.1 Å². The number of nitrogens with zero attached hydrogens (tertiary/aromatic N) is 3. The second kappa shape index (κ2) is 5.40. The lowest BCUT2D eigenvalue weighted by Gasteiger charge is -2.11. The van der Waals surface area contributed by atoms with Gasteiger partial charge in [0.25, 0.3) is 0 Å². The predicted molar refractivity (Wildman–Crippen MR) is 71.3 cm³/mol. The molecule has 5 nitrogen and oxygen atoms in total. The molecular weight excluding hydrogens is 261 g/mol. The summed E-state index contributed by atoms with van der Waals surface area (Å²) in [7, 11) is 0. The fraction of sp³-hybridized carbons (Fsp3) is 0.357. The van der Waals surface area contributed by atoms with Crippen LogP contribution in [0.2, 0.25) is 0 Å². The van der Waals surface area contributed by atoms with Crippen LogP contribution in [0.15, 0.2) is 18.2 Å². The van der Waals surface area contributed by atoms with Crippen LogP contribution in [0, 0.1) is 12.7 Å². The van der Waals surface area contributed by atoms with Crippen LogP contribution < -0.4 is 0 Å². The third kappa shape index (κ3) is 2.68. The molecule has 0 saturated carbocycles. The minimum atomic E-state index is -1.10. The van der Waals surface area contributed by atoms with E-state index < -0.39 is 5.97 Å². The van der Waals surface area contributed by atoms with Crippen molar-refractivity contribution in [3.05, 3.63) is 46.5 Å². The first kappa shape index (κ1) is 14.2. The summed E-state index contributed by atoms with van der Waals surface area (Å²) in [6.07, 6.45) is 0. The first-order valence-electron chi connectivity index (χ1n) is 6.32. The normalized spacial score (nSPS) is 11.1. The third-order valence-electron chi connectivity index (χ3n) is 3.15. The molecule has 0 saturated heterocycles. The van der Waals surface area contributed by atoms with E-state index in [1.54, 1.807) is 6.07 Å². The van der Waals surface area contributed by atoms with Crippen molar-refractivity contribution in [2.75, 3.05) is 0 Å². The monoisotopic (exact) mass is 277 g/mol. The first-order chi connectivity index (χ1) is 9.40.